The maximum absolute atomic E-state index is 12.2. The number of nitrogens with one attached hydrogen (secondary N) is 1. The summed E-state index contributed by atoms with van der Waals surface area (Å²) in [6.45, 7) is 5.06. The van der Waals surface area contributed by atoms with Crippen LogP contribution in [0.3, 0.4) is 0 Å². The SMILES string of the molecule is CCNc1ccc2c(c1)Oc1c3c4c(cc1=C2c1c(Cl)ccc(Cl)c1C=O)CCC[N+]=4CCC3. The minimum absolute atomic E-state index is 0.395. The third-order valence-corrected chi connectivity index (χ3v) is 7.74. The molecule has 0 aromatic heterocycles. The second-order valence-electron chi connectivity index (χ2n) is 9.09. The van der Waals surface area contributed by atoms with E-state index in [1.54, 1.807) is 12.1 Å². The summed E-state index contributed by atoms with van der Waals surface area (Å²) in [4.78, 5) is 12.2. The summed E-state index contributed by atoms with van der Waals surface area (Å²) < 4.78 is 9.19. The predicted molar refractivity (Wildman–Crippen MR) is 137 cm³/mol. The smallest absolute Gasteiger partial charge is 0.210 e. The summed E-state index contributed by atoms with van der Waals surface area (Å²) in [5, 5.41) is 6.61. The summed E-state index contributed by atoms with van der Waals surface area (Å²) in [5.74, 6) is 1.65. The molecule has 3 aliphatic rings. The topological polar surface area (TPSA) is 41.3 Å². The number of nitrogens with zero attached hydrogens (tertiary/aromatic N) is 1. The quantitative estimate of drug-likeness (QED) is 0.323. The van der Waals surface area contributed by atoms with Gasteiger partial charge in [0.15, 0.2) is 6.29 Å². The Morgan fingerprint density at radius 3 is 2.65 bits per heavy atom. The van der Waals surface area contributed by atoms with Crippen molar-refractivity contribution in [3.8, 4) is 11.5 Å². The minimum atomic E-state index is 0.395. The zero-order valence-electron chi connectivity index (χ0n) is 19.0. The van der Waals surface area contributed by atoms with Gasteiger partial charge < -0.3 is 10.1 Å². The van der Waals surface area contributed by atoms with Crippen LogP contribution in [0.1, 0.15) is 52.4 Å². The summed E-state index contributed by atoms with van der Waals surface area (Å²) in [7, 11) is 0. The molecule has 172 valence electrons. The van der Waals surface area contributed by atoms with Crippen LogP contribution in [0.2, 0.25) is 10.0 Å². The predicted octanol–water partition coefficient (Wildman–Crippen LogP) is 4.97. The van der Waals surface area contributed by atoms with E-state index in [-0.39, 0.29) is 0 Å². The van der Waals surface area contributed by atoms with Gasteiger partial charge in [0, 0.05) is 69.2 Å². The highest BCUT2D eigenvalue weighted by atomic mass is 35.5. The Balaban J connectivity index is 1.79. The molecule has 3 heterocycles. The fourth-order valence-electron chi connectivity index (χ4n) is 5.72. The van der Waals surface area contributed by atoms with E-state index in [0.717, 1.165) is 85.1 Å². The Morgan fingerprint density at radius 2 is 1.85 bits per heavy atom. The number of rotatable bonds is 4. The van der Waals surface area contributed by atoms with Crippen molar-refractivity contribution in [2.24, 2.45) is 0 Å². The highest BCUT2D eigenvalue weighted by Gasteiger charge is 2.32. The molecule has 6 rings (SSSR count). The van der Waals surface area contributed by atoms with Crippen LogP contribution in [0.25, 0.3) is 5.57 Å². The second kappa shape index (κ2) is 8.44. The maximum Gasteiger partial charge on any atom is 0.210 e. The van der Waals surface area contributed by atoms with E-state index in [1.807, 2.05) is 12.1 Å². The first kappa shape index (κ1) is 21.7. The van der Waals surface area contributed by atoms with E-state index in [2.05, 4.69) is 28.9 Å². The first-order chi connectivity index (χ1) is 16.6. The summed E-state index contributed by atoms with van der Waals surface area (Å²) in [6.07, 6.45) is 5.06. The molecular weight excluding hydrogens is 467 g/mol. The lowest BCUT2D eigenvalue weighted by Gasteiger charge is -2.27. The Labute approximate surface area is 208 Å². The summed E-state index contributed by atoms with van der Waals surface area (Å²) in [6, 6.07) is 11.8. The molecule has 0 amide bonds. The average Bonchev–Trinajstić information content (AvgIpc) is 2.85. The standard InChI is InChI=1S/C28H24Cl2N2O2/c1-2-31-17-7-8-18-24(14-17)34-28-19-6-4-12-32-11-3-5-16(27(19)32)13-20(28)25(18)26-21(15-33)22(29)9-10-23(26)30/h7-10,13-15H,2-6,11-12H2,1H3/p+1. The van der Waals surface area contributed by atoms with E-state index >= 15 is 0 Å². The third-order valence-electron chi connectivity index (χ3n) is 7.09. The van der Waals surface area contributed by atoms with Gasteiger partial charge in [-0.25, -0.2) is 4.58 Å². The molecule has 0 saturated heterocycles. The zero-order chi connectivity index (χ0) is 23.4. The number of carbonyl (C=O) groups is 1. The lowest BCUT2D eigenvalue weighted by molar-refractivity contribution is 0.112. The van der Waals surface area contributed by atoms with E-state index in [9.17, 15) is 4.79 Å². The van der Waals surface area contributed by atoms with E-state index in [4.69, 9.17) is 27.9 Å². The number of aldehydes is 1. The first-order valence-electron chi connectivity index (χ1n) is 11.9. The van der Waals surface area contributed by atoms with Gasteiger partial charge in [0.2, 0.25) is 5.36 Å². The van der Waals surface area contributed by atoms with Crippen LogP contribution in [-0.2, 0) is 12.8 Å². The molecule has 0 spiro atoms. The molecule has 0 saturated carbocycles. The number of halogens is 2. The fourth-order valence-corrected chi connectivity index (χ4v) is 6.18. The number of carbonyl (C=O) groups excluding carboxylic acids is 1. The average molecular weight is 492 g/mol. The molecule has 3 aromatic carbocycles. The van der Waals surface area contributed by atoms with Crippen LogP contribution in [0.4, 0.5) is 5.69 Å². The normalized spacial score (nSPS) is 15.7. The van der Waals surface area contributed by atoms with Crippen molar-refractivity contribution in [1.82, 2.24) is 4.58 Å². The van der Waals surface area contributed by atoms with Crippen LogP contribution in [0, 0.1) is 0 Å². The highest BCUT2D eigenvalue weighted by Crippen LogP contribution is 2.42. The number of hydrogen-bond donors (Lipinski definition) is 1. The van der Waals surface area contributed by atoms with Gasteiger partial charge in [-0.1, -0.05) is 23.2 Å². The molecule has 0 unspecified atom stereocenters. The summed E-state index contributed by atoms with van der Waals surface area (Å²) >= 11 is 13.3. The van der Waals surface area contributed by atoms with E-state index in [0.29, 0.717) is 21.2 Å². The Hall–Kier alpha value is -2.82. The van der Waals surface area contributed by atoms with Crippen LogP contribution in [-0.4, -0.2) is 25.9 Å². The number of anilines is 1. The van der Waals surface area contributed by atoms with Crippen LogP contribution < -0.4 is 25.2 Å². The van der Waals surface area contributed by atoms with Crippen molar-refractivity contribution in [2.75, 3.05) is 25.0 Å². The monoisotopic (exact) mass is 491 g/mol. The Bertz CT molecular complexity index is 1490. The van der Waals surface area contributed by atoms with Crippen LogP contribution in [0.15, 0.2) is 36.4 Å². The molecular formula is C28H25Cl2N2O2+. The van der Waals surface area contributed by atoms with Gasteiger partial charge >= 0.3 is 0 Å². The molecule has 0 radical (unpaired) electrons. The molecule has 3 aromatic rings. The number of aryl methyl sites for hydroxylation is 1. The molecule has 0 atom stereocenters. The highest BCUT2D eigenvalue weighted by molar-refractivity contribution is 6.37. The van der Waals surface area contributed by atoms with Crippen molar-refractivity contribution < 1.29 is 9.53 Å². The molecule has 34 heavy (non-hydrogen) atoms. The van der Waals surface area contributed by atoms with Gasteiger partial charge in [0.1, 0.15) is 24.6 Å². The lowest BCUT2D eigenvalue weighted by atomic mass is 9.86. The fraction of sp³-hybridized carbons (Fsp3) is 0.286. The zero-order valence-corrected chi connectivity index (χ0v) is 20.5. The van der Waals surface area contributed by atoms with Gasteiger partial charge in [-0.3, -0.25) is 4.79 Å². The van der Waals surface area contributed by atoms with Gasteiger partial charge in [-0.2, -0.15) is 0 Å². The van der Waals surface area contributed by atoms with Crippen LogP contribution >= 0.6 is 23.2 Å². The van der Waals surface area contributed by atoms with Crippen molar-refractivity contribution in [3.05, 3.63) is 84.8 Å². The Morgan fingerprint density at radius 1 is 1.06 bits per heavy atom. The minimum Gasteiger partial charge on any atom is -0.455 e. The molecule has 0 aliphatic carbocycles. The van der Waals surface area contributed by atoms with Gasteiger partial charge in [-0.05, 0) is 50.1 Å². The molecule has 6 heteroatoms. The van der Waals surface area contributed by atoms with Crippen molar-refractivity contribution in [1.29, 1.82) is 0 Å². The molecule has 3 aliphatic heterocycles. The van der Waals surface area contributed by atoms with E-state index in [1.165, 1.54) is 16.5 Å². The number of hydrogen-bond acceptors (Lipinski definition) is 3. The van der Waals surface area contributed by atoms with Gasteiger partial charge in [-0.15, -0.1) is 0 Å². The summed E-state index contributed by atoms with van der Waals surface area (Å²) in [5.41, 5.74) is 6.51. The third kappa shape index (κ3) is 3.27. The number of benzene rings is 3. The van der Waals surface area contributed by atoms with E-state index < -0.39 is 0 Å². The van der Waals surface area contributed by atoms with Crippen molar-refractivity contribution in [2.45, 2.75) is 32.6 Å². The molecule has 0 bridgehead atoms. The van der Waals surface area contributed by atoms with Gasteiger partial charge in [0.05, 0.1) is 10.6 Å². The van der Waals surface area contributed by atoms with Gasteiger partial charge in [0.25, 0.3) is 0 Å². The van der Waals surface area contributed by atoms with Crippen molar-refractivity contribution >= 4 is 40.7 Å². The second-order valence-corrected chi connectivity index (χ2v) is 9.90. The Kier molecular flexibility index (Phi) is 5.39. The first-order valence-corrected chi connectivity index (χ1v) is 12.7. The number of fused-ring (bicyclic) bond motifs is 3. The largest absolute Gasteiger partial charge is 0.455 e. The lowest BCUT2D eigenvalue weighted by Crippen LogP contribution is -2.45. The van der Waals surface area contributed by atoms with Crippen LogP contribution in [0.5, 0.6) is 11.5 Å². The number of ether oxygens (including phenoxy) is 1. The van der Waals surface area contributed by atoms with Crippen molar-refractivity contribution in [3.63, 3.8) is 0 Å². The maximum atomic E-state index is 12.2. The molecule has 0 fully saturated rings. The molecule has 4 nitrogen and oxygen atoms in total. The molecule has 1 N–H and O–H groups in total.